The average Bonchev–Trinajstić information content (AvgIpc) is 3.16. The van der Waals surface area contributed by atoms with E-state index in [1.54, 1.807) is 9.58 Å². The Balaban J connectivity index is 1.85. The van der Waals surface area contributed by atoms with Gasteiger partial charge in [-0.05, 0) is 54.5 Å². The molecule has 1 amide bonds. The average molecular weight is 407 g/mol. The number of thioether (sulfide) groups is 1. The van der Waals surface area contributed by atoms with E-state index in [9.17, 15) is 4.79 Å². The second-order valence-electron chi connectivity index (χ2n) is 6.61. The van der Waals surface area contributed by atoms with Crippen LogP contribution in [-0.2, 0) is 4.79 Å². The smallest absolute Gasteiger partial charge is 0.240 e. The molecule has 0 N–H and O–H groups in total. The number of nitrogens with zero attached hydrogens (tertiary/aromatic N) is 6. The summed E-state index contributed by atoms with van der Waals surface area (Å²) in [6, 6.07) is 17.5. The van der Waals surface area contributed by atoms with E-state index in [2.05, 4.69) is 21.6 Å². The van der Waals surface area contributed by atoms with Crippen LogP contribution < -0.4 is 4.90 Å². The molecule has 0 fully saturated rings. The lowest BCUT2D eigenvalue weighted by Crippen LogP contribution is -2.37. The maximum Gasteiger partial charge on any atom is 0.240 e. The molecule has 0 radical (unpaired) electrons. The van der Waals surface area contributed by atoms with Crippen molar-refractivity contribution in [2.24, 2.45) is 0 Å². The van der Waals surface area contributed by atoms with Gasteiger partial charge in [0.2, 0.25) is 11.1 Å². The maximum absolute atomic E-state index is 13.2. The summed E-state index contributed by atoms with van der Waals surface area (Å²) in [6.45, 7) is 6.18. The van der Waals surface area contributed by atoms with E-state index in [1.165, 1.54) is 11.8 Å². The Labute approximate surface area is 174 Å². The van der Waals surface area contributed by atoms with Crippen molar-refractivity contribution in [2.75, 3.05) is 11.4 Å². The normalized spacial score (nSPS) is 11.7. The number of rotatable bonds is 7. The molecule has 0 aliphatic rings. The molecule has 0 spiro atoms. The van der Waals surface area contributed by atoms with Crippen LogP contribution in [0.2, 0.25) is 0 Å². The highest BCUT2D eigenvalue weighted by Crippen LogP contribution is 2.28. The van der Waals surface area contributed by atoms with Gasteiger partial charge >= 0.3 is 0 Å². The first-order valence-corrected chi connectivity index (χ1v) is 10.2. The minimum Gasteiger partial charge on any atom is -0.310 e. The summed E-state index contributed by atoms with van der Waals surface area (Å²) in [4.78, 5) is 14.8. The Morgan fingerprint density at radius 2 is 1.86 bits per heavy atom. The molecule has 0 bridgehead atoms. The number of carbonyl (C=O) groups excluding carboxylic acids is 1. The van der Waals surface area contributed by atoms with Gasteiger partial charge in [-0.25, -0.2) is 0 Å². The fourth-order valence-electron chi connectivity index (χ4n) is 3.10. The summed E-state index contributed by atoms with van der Waals surface area (Å²) in [5.74, 6) is -0.0903. The first kappa shape index (κ1) is 20.6. The van der Waals surface area contributed by atoms with Crippen LogP contribution in [0.1, 0.15) is 24.5 Å². The highest BCUT2D eigenvalue weighted by molar-refractivity contribution is 8.00. The highest BCUT2D eigenvalue weighted by Gasteiger charge is 2.25. The second kappa shape index (κ2) is 9.34. The zero-order chi connectivity index (χ0) is 20.8. The summed E-state index contributed by atoms with van der Waals surface area (Å²) in [7, 11) is 0. The molecular weight excluding hydrogens is 384 g/mol. The topological polar surface area (TPSA) is 87.7 Å². The van der Waals surface area contributed by atoms with E-state index >= 15 is 0 Å². The van der Waals surface area contributed by atoms with Crippen LogP contribution in [0, 0.1) is 25.2 Å². The van der Waals surface area contributed by atoms with E-state index in [-0.39, 0.29) is 12.3 Å². The largest absolute Gasteiger partial charge is 0.310 e. The van der Waals surface area contributed by atoms with Crippen LogP contribution in [0.25, 0.3) is 5.69 Å². The van der Waals surface area contributed by atoms with Crippen LogP contribution in [-0.4, -0.2) is 37.9 Å². The van der Waals surface area contributed by atoms with Gasteiger partial charge in [-0.1, -0.05) is 48.2 Å². The number of nitriles is 1. The van der Waals surface area contributed by atoms with Crippen molar-refractivity contribution >= 4 is 23.4 Å². The standard InChI is InChI=1S/C21H22N6OS/c1-15-9-7-10-16(2)19(15)27-21(23-24-25-27)29-17(3)20(28)26(14-8-13-22)18-11-5-4-6-12-18/h4-7,9-12,17H,8,14H2,1-3H3. The molecule has 1 unspecified atom stereocenters. The fraction of sp³-hybridized carbons (Fsp3) is 0.286. The zero-order valence-electron chi connectivity index (χ0n) is 16.6. The summed E-state index contributed by atoms with van der Waals surface area (Å²) in [5.41, 5.74) is 3.80. The van der Waals surface area contributed by atoms with Gasteiger partial charge < -0.3 is 4.90 Å². The van der Waals surface area contributed by atoms with Crippen LogP contribution in [0.15, 0.2) is 53.7 Å². The van der Waals surface area contributed by atoms with Crippen molar-refractivity contribution in [1.82, 2.24) is 20.2 Å². The molecule has 1 heterocycles. The molecule has 29 heavy (non-hydrogen) atoms. The van der Waals surface area contributed by atoms with Gasteiger partial charge in [-0.15, -0.1) is 5.10 Å². The number of tetrazole rings is 1. The van der Waals surface area contributed by atoms with Crippen molar-refractivity contribution in [3.8, 4) is 11.8 Å². The van der Waals surface area contributed by atoms with E-state index in [0.29, 0.717) is 11.7 Å². The number of carbonyl (C=O) groups is 1. The number of anilines is 1. The van der Waals surface area contributed by atoms with E-state index in [4.69, 9.17) is 5.26 Å². The number of hydrogen-bond donors (Lipinski definition) is 0. The maximum atomic E-state index is 13.2. The number of aromatic nitrogens is 4. The first-order chi connectivity index (χ1) is 14.0. The Morgan fingerprint density at radius 1 is 1.17 bits per heavy atom. The monoisotopic (exact) mass is 406 g/mol. The van der Waals surface area contributed by atoms with Crippen molar-refractivity contribution in [1.29, 1.82) is 5.26 Å². The van der Waals surface area contributed by atoms with Crippen LogP contribution in [0.3, 0.4) is 0 Å². The van der Waals surface area contributed by atoms with Gasteiger partial charge in [0.15, 0.2) is 0 Å². The number of hydrogen-bond acceptors (Lipinski definition) is 6. The summed E-state index contributed by atoms with van der Waals surface area (Å²) in [6.07, 6.45) is 0.262. The van der Waals surface area contributed by atoms with Gasteiger partial charge in [0.25, 0.3) is 0 Å². The number of aryl methyl sites for hydroxylation is 2. The summed E-state index contributed by atoms with van der Waals surface area (Å²) in [5, 5.41) is 21.2. The van der Waals surface area contributed by atoms with Crippen molar-refractivity contribution in [3.05, 3.63) is 59.7 Å². The lowest BCUT2D eigenvalue weighted by atomic mass is 10.1. The molecule has 7 nitrogen and oxygen atoms in total. The quantitative estimate of drug-likeness (QED) is 0.556. The SMILES string of the molecule is Cc1cccc(C)c1-n1nnnc1SC(C)C(=O)N(CCC#N)c1ccccc1. The lowest BCUT2D eigenvalue weighted by molar-refractivity contribution is -0.117. The molecule has 0 saturated carbocycles. The third-order valence-electron chi connectivity index (χ3n) is 4.50. The molecule has 3 aromatic rings. The Morgan fingerprint density at radius 3 is 2.52 bits per heavy atom. The Hall–Kier alpha value is -3.18. The number of benzene rings is 2. The molecule has 0 aliphatic heterocycles. The second-order valence-corrected chi connectivity index (χ2v) is 7.92. The molecule has 8 heteroatoms. The number of amides is 1. The van der Waals surface area contributed by atoms with E-state index in [0.717, 1.165) is 22.5 Å². The van der Waals surface area contributed by atoms with Crippen LogP contribution >= 0.6 is 11.8 Å². The zero-order valence-corrected chi connectivity index (χ0v) is 17.4. The third-order valence-corrected chi connectivity index (χ3v) is 5.52. The minimum absolute atomic E-state index is 0.0903. The molecule has 3 rings (SSSR count). The molecule has 1 atom stereocenters. The van der Waals surface area contributed by atoms with Gasteiger partial charge in [0, 0.05) is 12.2 Å². The van der Waals surface area contributed by atoms with Crippen molar-refractivity contribution < 1.29 is 4.79 Å². The fourth-order valence-corrected chi connectivity index (χ4v) is 3.95. The first-order valence-electron chi connectivity index (χ1n) is 9.28. The molecule has 0 saturated heterocycles. The van der Waals surface area contributed by atoms with Gasteiger partial charge in [-0.2, -0.15) is 9.94 Å². The summed E-state index contributed by atoms with van der Waals surface area (Å²) >= 11 is 1.31. The molecule has 0 aliphatic carbocycles. The van der Waals surface area contributed by atoms with E-state index < -0.39 is 5.25 Å². The minimum atomic E-state index is -0.428. The van der Waals surface area contributed by atoms with Gasteiger partial charge in [0.05, 0.1) is 23.4 Å². The Bertz CT molecular complexity index is 1010. The lowest BCUT2D eigenvalue weighted by Gasteiger charge is -2.24. The van der Waals surface area contributed by atoms with E-state index in [1.807, 2.05) is 69.3 Å². The molecule has 1 aromatic heterocycles. The molecule has 2 aromatic carbocycles. The van der Waals surface area contributed by atoms with Crippen LogP contribution in [0.5, 0.6) is 0 Å². The van der Waals surface area contributed by atoms with Gasteiger partial charge in [-0.3, -0.25) is 4.79 Å². The summed E-state index contributed by atoms with van der Waals surface area (Å²) < 4.78 is 1.68. The van der Waals surface area contributed by atoms with Crippen LogP contribution in [0.4, 0.5) is 5.69 Å². The van der Waals surface area contributed by atoms with Crippen molar-refractivity contribution in [2.45, 2.75) is 37.6 Å². The predicted molar refractivity (Wildman–Crippen MR) is 113 cm³/mol. The Kier molecular flexibility index (Phi) is 6.62. The number of para-hydroxylation sites is 2. The predicted octanol–water partition coefficient (Wildman–Crippen LogP) is 3.71. The van der Waals surface area contributed by atoms with Gasteiger partial charge in [0.1, 0.15) is 0 Å². The molecule has 148 valence electrons. The highest BCUT2D eigenvalue weighted by atomic mass is 32.2. The van der Waals surface area contributed by atoms with Crippen molar-refractivity contribution in [3.63, 3.8) is 0 Å². The molecular formula is C21H22N6OS. The third kappa shape index (κ3) is 4.63.